The lowest BCUT2D eigenvalue weighted by molar-refractivity contribution is -0.907. The number of nitrogens with zero attached hydrogens (tertiary/aromatic N) is 1. The van der Waals surface area contributed by atoms with Crippen LogP contribution in [0.4, 0.5) is 0 Å². The van der Waals surface area contributed by atoms with E-state index in [9.17, 15) is 0 Å². The summed E-state index contributed by atoms with van der Waals surface area (Å²) in [6, 6.07) is 0. The topological polar surface area (TPSA) is 0 Å². The van der Waals surface area contributed by atoms with Crippen molar-refractivity contribution in [3.63, 3.8) is 0 Å². The van der Waals surface area contributed by atoms with Crippen LogP contribution in [0.5, 0.6) is 0 Å². The van der Waals surface area contributed by atoms with Crippen molar-refractivity contribution in [1.29, 1.82) is 0 Å². The van der Waals surface area contributed by atoms with Crippen molar-refractivity contribution < 1.29 is 4.48 Å². The lowest BCUT2D eigenvalue weighted by Crippen LogP contribution is -2.46. The van der Waals surface area contributed by atoms with E-state index in [1.165, 1.54) is 101 Å². The summed E-state index contributed by atoms with van der Waals surface area (Å²) in [6.07, 6.45) is 17.0. The van der Waals surface area contributed by atoms with Crippen LogP contribution in [0.2, 0.25) is 0 Å². The first-order valence-electron chi connectivity index (χ1n) is 9.58. The Kier molecular flexibility index (Phi) is 15.7. The molecular weight excluding hydrogens is 322 g/mol. The predicted molar refractivity (Wildman–Crippen MR) is 101 cm³/mol. The Morgan fingerprint density at radius 3 is 1.33 bits per heavy atom. The van der Waals surface area contributed by atoms with Crippen LogP contribution in [0.15, 0.2) is 0 Å². The Morgan fingerprint density at radius 1 is 0.571 bits per heavy atom. The largest absolute Gasteiger partial charge is 0.325 e. The predicted octanol–water partition coefficient (Wildman–Crippen LogP) is 6.55. The summed E-state index contributed by atoms with van der Waals surface area (Å²) in [4.78, 5) is 0. The van der Waals surface area contributed by atoms with Gasteiger partial charge in [0.15, 0.2) is 0 Å². The summed E-state index contributed by atoms with van der Waals surface area (Å²) < 4.78 is 1.28. The highest BCUT2D eigenvalue weighted by atomic mass is 79.9. The minimum absolute atomic E-state index is 1.15. The van der Waals surface area contributed by atoms with Crippen molar-refractivity contribution in [3.8, 4) is 0 Å². The maximum Gasteiger partial charge on any atom is 0.0883 e. The Bertz CT molecular complexity index is 190. The first-order valence-corrected chi connectivity index (χ1v) is 10.7. The van der Waals surface area contributed by atoms with Crippen LogP contribution in [0.3, 0.4) is 0 Å². The maximum absolute atomic E-state index is 3.66. The highest BCUT2D eigenvalue weighted by Gasteiger charge is 2.19. The minimum Gasteiger partial charge on any atom is -0.325 e. The number of hydrogen-bond acceptors (Lipinski definition) is 0. The minimum atomic E-state index is 1.15. The van der Waals surface area contributed by atoms with E-state index in [0.29, 0.717) is 0 Å². The average Bonchev–Trinajstić information content (AvgIpc) is 2.47. The second-order valence-electron chi connectivity index (χ2n) is 7.01. The molecule has 0 aromatic carbocycles. The molecule has 1 nitrogen and oxygen atoms in total. The smallest absolute Gasteiger partial charge is 0.0883 e. The Balaban J connectivity index is 3.73. The first-order chi connectivity index (χ1) is 10.2. The van der Waals surface area contributed by atoms with Crippen LogP contribution in [-0.4, -0.2) is 36.5 Å². The molecule has 0 radical (unpaired) electrons. The molecule has 0 fully saturated rings. The second-order valence-corrected chi connectivity index (χ2v) is 7.81. The molecular formula is C19H41BrN+. The molecule has 0 saturated heterocycles. The fraction of sp³-hybridized carbons (Fsp3) is 1.00. The van der Waals surface area contributed by atoms with Crippen LogP contribution in [0, 0.1) is 0 Å². The van der Waals surface area contributed by atoms with E-state index in [1.807, 2.05) is 0 Å². The normalized spacial score (nSPS) is 12.0. The van der Waals surface area contributed by atoms with Gasteiger partial charge in [0.2, 0.25) is 0 Å². The number of rotatable bonds is 16. The van der Waals surface area contributed by atoms with Gasteiger partial charge in [0.25, 0.3) is 0 Å². The van der Waals surface area contributed by atoms with Gasteiger partial charge < -0.3 is 4.48 Å². The standard InChI is InChI=1S/C19H41BrN/c1-4-6-8-10-12-14-17-21(3,19-16-20)18-15-13-11-9-7-5-2/h4-19H2,1-3H3/q+1. The van der Waals surface area contributed by atoms with E-state index in [1.54, 1.807) is 0 Å². The van der Waals surface area contributed by atoms with Crippen molar-refractivity contribution in [2.24, 2.45) is 0 Å². The van der Waals surface area contributed by atoms with Gasteiger partial charge in [0.1, 0.15) is 0 Å². The van der Waals surface area contributed by atoms with E-state index in [0.717, 1.165) is 5.33 Å². The fourth-order valence-electron chi connectivity index (χ4n) is 3.09. The molecule has 0 unspecified atom stereocenters. The van der Waals surface area contributed by atoms with Gasteiger partial charge in [-0.25, -0.2) is 0 Å². The number of hydrogen-bond donors (Lipinski definition) is 0. The third kappa shape index (κ3) is 13.8. The quantitative estimate of drug-likeness (QED) is 0.166. The zero-order valence-corrected chi connectivity index (χ0v) is 16.7. The molecule has 21 heavy (non-hydrogen) atoms. The summed E-state index contributed by atoms with van der Waals surface area (Å²) >= 11 is 3.66. The summed E-state index contributed by atoms with van der Waals surface area (Å²) in [7, 11) is 2.47. The summed E-state index contributed by atoms with van der Waals surface area (Å²) in [5, 5.41) is 1.15. The number of alkyl halides is 1. The first kappa shape index (κ1) is 21.4. The van der Waals surface area contributed by atoms with E-state index in [4.69, 9.17) is 0 Å². The van der Waals surface area contributed by atoms with Crippen molar-refractivity contribution in [3.05, 3.63) is 0 Å². The molecule has 0 bridgehead atoms. The Hall–Kier alpha value is 0.440. The van der Waals surface area contributed by atoms with Gasteiger partial charge in [-0.15, -0.1) is 0 Å². The molecule has 128 valence electrons. The maximum atomic E-state index is 3.66. The second kappa shape index (κ2) is 15.3. The Labute approximate surface area is 143 Å². The van der Waals surface area contributed by atoms with Crippen LogP contribution in [0.25, 0.3) is 0 Å². The molecule has 0 spiro atoms. The summed E-state index contributed by atoms with van der Waals surface area (Å²) in [5.41, 5.74) is 0. The number of quaternary nitrogens is 1. The van der Waals surface area contributed by atoms with Gasteiger partial charge in [-0.2, -0.15) is 0 Å². The van der Waals surface area contributed by atoms with Gasteiger partial charge in [-0.05, 0) is 25.7 Å². The number of unbranched alkanes of at least 4 members (excludes halogenated alkanes) is 10. The fourth-order valence-corrected chi connectivity index (χ4v) is 3.94. The van der Waals surface area contributed by atoms with E-state index in [2.05, 4.69) is 36.8 Å². The molecule has 0 rings (SSSR count). The molecule has 0 amide bonds. The van der Waals surface area contributed by atoms with E-state index < -0.39 is 0 Å². The van der Waals surface area contributed by atoms with Gasteiger partial charge >= 0.3 is 0 Å². The molecule has 0 aromatic heterocycles. The van der Waals surface area contributed by atoms with Crippen molar-refractivity contribution in [2.75, 3.05) is 32.0 Å². The molecule has 0 aromatic rings. The van der Waals surface area contributed by atoms with Crippen molar-refractivity contribution >= 4 is 15.9 Å². The highest BCUT2D eigenvalue weighted by Crippen LogP contribution is 2.14. The Morgan fingerprint density at radius 2 is 0.952 bits per heavy atom. The molecule has 2 heteroatoms. The third-order valence-corrected chi connectivity index (χ3v) is 5.08. The molecule has 0 saturated carbocycles. The summed E-state index contributed by atoms with van der Waals surface area (Å²) in [5.74, 6) is 0. The zero-order chi connectivity index (χ0) is 15.8. The van der Waals surface area contributed by atoms with Crippen LogP contribution in [-0.2, 0) is 0 Å². The van der Waals surface area contributed by atoms with Gasteiger partial charge in [-0.3, -0.25) is 0 Å². The SMILES string of the molecule is CCCCCCCC[N+](C)(CCBr)CCCCCCCC. The van der Waals surface area contributed by atoms with E-state index >= 15 is 0 Å². The van der Waals surface area contributed by atoms with Crippen molar-refractivity contribution in [1.82, 2.24) is 0 Å². The van der Waals surface area contributed by atoms with Crippen LogP contribution >= 0.6 is 15.9 Å². The molecule has 0 aliphatic carbocycles. The molecule has 0 aliphatic rings. The van der Waals surface area contributed by atoms with Crippen LogP contribution < -0.4 is 0 Å². The van der Waals surface area contributed by atoms with Crippen molar-refractivity contribution in [2.45, 2.75) is 90.9 Å². The zero-order valence-electron chi connectivity index (χ0n) is 15.1. The van der Waals surface area contributed by atoms with Gasteiger partial charge in [0.05, 0.1) is 32.0 Å². The lowest BCUT2D eigenvalue weighted by atomic mass is 10.1. The lowest BCUT2D eigenvalue weighted by Gasteiger charge is -2.34. The highest BCUT2D eigenvalue weighted by molar-refractivity contribution is 9.09. The number of halogens is 1. The molecule has 0 heterocycles. The van der Waals surface area contributed by atoms with Gasteiger partial charge in [-0.1, -0.05) is 81.1 Å². The molecule has 0 atom stereocenters. The molecule has 0 N–H and O–H groups in total. The molecule has 0 aliphatic heterocycles. The summed E-state index contributed by atoms with van der Waals surface area (Å²) in [6.45, 7) is 8.65. The van der Waals surface area contributed by atoms with E-state index in [-0.39, 0.29) is 0 Å². The monoisotopic (exact) mass is 362 g/mol. The third-order valence-electron chi connectivity index (χ3n) is 4.73. The van der Waals surface area contributed by atoms with Gasteiger partial charge in [0, 0.05) is 0 Å². The van der Waals surface area contributed by atoms with Crippen LogP contribution in [0.1, 0.15) is 90.9 Å². The average molecular weight is 363 g/mol.